The molecule has 0 aliphatic heterocycles. The summed E-state index contributed by atoms with van der Waals surface area (Å²) in [4.78, 5) is 13.1. The van der Waals surface area contributed by atoms with Crippen molar-refractivity contribution in [3.05, 3.63) is 27.4 Å². The highest BCUT2D eigenvalue weighted by Gasteiger charge is 2.29. The van der Waals surface area contributed by atoms with E-state index < -0.39 is 46.0 Å². The van der Waals surface area contributed by atoms with E-state index in [1.165, 1.54) is 0 Å². The van der Waals surface area contributed by atoms with E-state index >= 15 is 0 Å². The zero-order valence-electron chi connectivity index (χ0n) is 8.99. The van der Waals surface area contributed by atoms with Crippen molar-refractivity contribution in [3.8, 4) is 0 Å². The Morgan fingerprint density at radius 1 is 1.26 bits per heavy atom. The minimum atomic E-state index is -4.26. The molecule has 0 atom stereocenters. The zero-order valence-corrected chi connectivity index (χ0v) is 12.1. The second kappa shape index (κ2) is 5.57. The average molecular weight is 349 g/mol. The normalized spacial score (nSPS) is 12.3. The van der Waals surface area contributed by atoms with E-state index in [1.807, 2.05) is 0 Å². The SMILES string of the molecule is O=[N+]([O-])c1cc(Cl)cnc1S(=O)(=O)CCS(=O)(=O)Cl. The second-order valence-electron chi connectivity index (χ2n) is 3.30. The lowest BCUT2D eigenvalue weighted by molar-refractivity contribution is -0.388. The van der Waals surface area contributed by atoms with Crippen LogP contribution in [0.25, 0.3) is 0 Å². The Labute approximate surface area is 117 Å². The molecule has 0 spiro atoms. The number of nitro groups is 1. The average Bonchev–Trinajstić information content (AvgIpc) is 2.25. The van der Waals surface area contributed by atoms with Crippen molar-refractivity contribution >= 4 is 46.9 Å². The number of aromatic nitrogens is 1. The summed E-state index contributed by atoms with van der Waals surface area (Å²) in [5.74, 6) is -1.79. The van der Waals surface area contributed by atoms with Crippen molar-refractivity contribution < 1.29 is 21.8 Å². The van der Waals surface area contributed by atoms with Gasteiger partial charge in [-0.1, -0.05) is 11.6 Å². The van der Waals surface area contributed by atoms with Crippen LogP contribution in [-0.2, 0) is 18.9 Å². The Kier molecular flexibility index (Phi) is 4.72. The van der Waals surface area contributed by atoms with E-state index in [0.29, 0.717) is 0 Å². The lowest BCUT2D eigenvalue weighted by Crippen LogP contribution is -2.16. The van der Waals surface area contributed by atoms with Gasteiger partial charge in [-0.25, -0.2) is 21.8 Å². The maximum Gasteiger partial charge on any atom is 0.308 e. The number of hydrogen-bond acceptors (Lipinski definition) is 7. The zero-order chi connectivity index (χ0) is 14.8. The number of rotatable bonds is 5. The molecule has 19 heavy (non-hydrogen) atoms. The standard InChI is InChI=1S/C7H6Cl2N2O6S2/c8-5-3-6(11(12)13)7(10-4-5)18(14,15)1-2-19(9,16)17/h3-4H,1-2H2. The molecule has 0 aliphatic rings. The van der Waals surface area contributed by atoms with Gasteiger partial charge >= 0.3 is 5.69 Å². The molecule has 1 aromatic heterocycles. The summed E-state index contributed by atoms with van der Waals surface area (Å²) in [6.45, 7) is 0. The molecule has 1 aromatic rings. The quantitative estimate of drug-likeness (QED) is 0.441. The Hall–Kier alpha value is -0.970. The van der Waals surface area contributed by atoms with Crippen LogP contribution in [0.2, 0.25) is 5.02 Å². The molecule has 0 aliphatic carbocycles. The maximum absolute atomic E-state index is 11.8. The molecule has 12 heteroatoms. The van der Waals surface area contributed by atoms with Crippen LogP contribution in [0.4, 0.5) is 5.69 Å². The molecule has 0 unspecified atom stereocenters. The van der Waals surface area contributed by atoms with Gasteiger partial charge < -0.3 is 0 Å². The number of halogens is 2. The Balaban J connectivity index is 3.25. The number of sulfone groups is 1. The molecule has 106 valence electrons. The van der Waals surface area contributed by atoms with Crippen molar-refractivity contribution in [2.75, 3.05) is 11.5 Å². The summed E-state index contributed by atoms with van der Waals surface area (Å²) in [7, 11) is -3.41. The largest absolute Gasteiger partial charge is 0.308 e. The summed E-state index contributed by atoms with van der Waals surface area (Å²) >= 11 is 5.48. The Morgan fingerprint density at radius 2 is 1.84 bits per heavy atom. The first-order valence-corrected chi connectivity index (χ1v) is 8.99. The van der Waals surface area contributed by atoms with E-state index in [9.17, 15) is 26.9 Å². The van der Waals surface area contributed by atoms with Crippen LogP contribution < -0.4 is 0 Å². The fourth-order valence-electron chi connectivity index (χ4n) is 1.09. The maximum atomic E-state index is 11.8. The van der Waals surface area contributed by atoms with Gasteiger partial charge in [0.15, 0.2) is 0 Å². The molecule has 0 aromatic carbocycles. The molecule has 1 rings (SSSR count). The highest BCUT2D eigenvalue weighted by molar-refractivity contribution is 8.14. The van der Waals surface area contributed by atoms with Gasteiger partial charge in [-0.3, -0.25) is 10.1 Å². The predicted molar refractivity (Wildman–Crippen MR) is 67.6 cm³/mol. The van der Waals surface area contributed by atoms with E-state index in [-0.39, 0.29) is 5.02 Å². The van der Waals surface area contributed by atoms with Crippen molar-refractivity contribution in [3.63, 3.8) is 0 Å². The molecule has 0 amide bonds. The van der Waals surface area contributed by atoms with Crippen molar-refractivity contribution in [2.24, 2.45) is 0 Å². The molecule has 1 heterocycles. The topological polar surface area (TPSA) is 124 Å². The highest BCUT2D eigenvalue weighted by Crippen LogP contribution is 2.25. The summed E-state index contributed by atoms with van der Waals surface area (Å²) < 4.78 is 45.0. The summed E-state index contributed by atoms with van der Waals surface area (Å²) in [6, 6.07) is 0.816. The van der Waals surface area contributed by atoms with Crippen molar-refractivity contribution in [1.29, 1.82) is 0 Å². The molecule has 8 nitrogen and oxygen atoms in total. The lowest BCUT2D eigenvalue weighted by atomic mass is 10.4. The van der Waals surface area contributed by atoms with Gasteiger partial charge in [-0.2, -0.15) is 0 Å². The molecule has 0 N–H and O–H groups in total. The predicted octanol–water partition coefficient (Wildman–Crippen LogP) is 0.985. The van der Waals surface area contributed by atoms with Gasteiger partial charge in [0.05, 0.1) is 21.5 Å². The van der Waals surface area contributed by atoms with E-state index in [1.54, 1.807) is 0 Å². The lowest BCUT2D eigenvalue weighted by Gasteiger charge is -2.03. The molecule has 0 bridgehead atoms. The first-order chi connectivity index (χ1) is 8.53. The third-order valence-corrected chi connectivity index (χ3v) is 5.15. The minimum absolute atomic E-state index is 0.115. The third-order valence-electron chi connectivity index (χ3n) is 1.89. The van der Waals surface area contributed by atoms with Gasteiger partial charge in [0.25, 0.3) is 0 Å². The molecule has 0 saturated carbocycles. The first-order valence-electron chi connectivity index (χ1n) is 4.48. The van der Waals surface area contributed by atoms with Crippen LogP contribution in [0.5, 0.6) is 0 Å². The molecule has 0 saturated heterocycles. The number of nitrogens with zero attached hydrogens (tertiary/aromatic N) is 2. The summed E-state index contributed by atoms with van der Waals surface area (Å²) in [6.07, 6.45) is 0.913. The van der Waals surface area contributed by atoms with Crippen LogP contribution in [0.3, 0.4) is 0 Å². The Bertz CT molecular complexity index is 715. The summed E-state index contributed by atoms with van der Waals surface area (Å²) in [5.41, 5.74) is -0.820. The first kappa shape index (κ1) is 16.1. The van der Waals surface area contributed by atoms with Crippen LogP contribution in [0.15, 0.2) is 17.3 Å². The van der Waals surface area contributed by atoms with Crippen LogP contribution >= 0.6 is 22.3 Å². The fraction of sp³-hybridized carbons (Fsp3) is 0.286. The second-order valence-corrected chi connectivity index (χ2v) is 8.65. The molecular weight excluding hydrogens is 343 g/mol. The molecule has 0 fully saturated rings. The van der Waals surface area contributed by atoms with Crippen LogP contribution in [0, 0.1) is 10.1 Å². The number of pyridine rings is 1. The molecular formula is C7H6Cl2N2O6S2. The van der Waals surface area contributed by atoms with Crippen LogP contribution in [-0.4, -0.2) is 38.2 Å². The van der Waals surface area contributed by atoms with Gasteiger partial charge in [-0.15, -0.1) is 0 Å². The van der Waals surface area contributed by atoms with Gasteiger partial charge in [0, 0.05) is 22.9 Å². The Morgan fingerprint density at radius 3 is 2.32 bits per heavy atom. The van der Waals surface area contributed by atoms with Crippen molar-refractivity contribution in [1.82, 2.24) is 4.98 Å². The number of hydrogen-bond donors (Lipinski definition) is 0. The van der Waals surface area contributed by atoms with E-state index in [0.717, 1.165) is 12.3 Å². The fourth-order valence-corrected chi connectivity index (χ4v) is 4.34. The minimum Gasteiger partial charge on any atom is -0.258 e. The van der Waals surface area contributed by atoms with E-state index in [2.05, 4.69) is 4.98 Å². The van der Waals surface area contributed by atoms with Gasteiger partial charge in [0.1, 0.15) is 0 Å². The smallest absolute Gasteiger partial charge is 0.258 e. The van der Waals surface area contributed by atoms with Gasteiger partial charge in [0.2, 0.25) is 23.9 Å². The van der Waals surface area contributed by atoms with E-state index in [4.69, 9.17) is 22.3 Å². The summed E-state index contributed by atoms with van der Waals surface area (Å²) in [5, 5.41) is 9.76. The molecule has 0 radical (unpaired) electrons. The highest BCUT2D eigenvalue weighted by atomic mass is 35.7. The van der Waals surface area contributed by atoms with Crippen molar-refractivity contribution in [2.45, 2.75) is 5.03 Å². The van der Waals surface area contributed by atoms with Gasteiger partial charge in [-0.05, 0) is 0 Å². The third kappa shape index (κ3) is 4.56. The monoisotopic (exact) mass is 348 g/mol. The van der Waals surface area contributed by atoms with Crippen LogP contribution in [0.1, 0.15) is 0 Å².